The Morgan fingerprint density at radius 3 is 2.46 bits per heavy atom. The van der Waals surface area contributed by atoms with Gasteiger partial charge in [0.1, 0.15) is 0 Å². The van der Waals surface area contributed by atoms with E-state index in [1.54, 1.807) is 0 Å². The number of rotatable bonds is 5. The molecule has 3 aliphatic rings. The minimum absolute atomic E-state index is 0. The molecular weight excluding hydrogens is 322 g/mol. The van der Waals surface area contributed by atoms with Crippen LogP contribution < -0.4 is 5.32 Å². The van der Waals surface area contributed by atoms with E-state index in [2.05, 4.69) is 22.0 Å². The van der Waals surface area contributed by atoms with Gasteiger partial charge in [-0.2, -0.15) is 0 Å². The number of nitrogens with zero attached hydrogens (tertiary/aromatic N) is 2. The van der Waals surface area contributed by atoms with Gasteiger partial charge in [-0.25, -0.2) is 0 Å². The molecule has 140 valence electrons. The molecule has 1 atom stereocenters. The van der Waals surface area contributed by atoms with E-state index in [1.165, 1.54) is 45.1 Å². The summed E-state index contributed by atoms with van der Waals surface area (Å²) in [6, 6.07) is 0. The number of nitrogens with one attached hydrogen (secondary N) is 1. The second-order valence-electron chi connectivity index (χ2n) is 8.44. The number of amides is 1. The van der Waals surface area contributed by atoms with Crippen LogP contribution in [0.4, 0.5) is 0 Å². The zero-order valence-corrected chi connectivity index (χ0v) is 16.2. The van der Waals surface area contributed by atoms with E-state index in [4.69, 9.17) is 0 Å². The summed E-state index contributed by atoms with van der Waals surface area (Å²) in [6.07, 6.45) is 10.1. The maximum absolute atomic E-state index is 12.5. The van der Waals surface area contributed by atoms with Gasteiger partial charge in [0.05, 0.1) is 0 Å². The van der Waals surface area contributed by atoms with Crippen molar-refractivity contribution in [1.82, 2.24) is 15.1 Å². The molecule has 0 radical (unpaired) electrons. The quantitative estimate of drug-likeness (QED) is 0.821. The maximum atomic E-state index is 12.5. The molecule has 3 rings (SSSR count). The van der Waals surface area contributed by atoms with Gasteiger partial charge in [0.25, 0.3) is 0 Å². The molecule has 0 aromatic rings. The highest BCUT2D eigenvalue weighted by Gasteiger charge is 2.32. The zero-order valence-electron chi connectivity index (χ0n) is 15.4. The summed E-state index contributed by atoms with van der Waals surface area (Å²) < 4.78 is 0. The van der Waals surface area contributed by atoms with Crippen LogP contribution in [0.1, 0.15) is 58.3 Å². The van der Waals surface area contributed by atoms with Crippen molar-refractivity contribution in [3.05, 3.63) is 0 Å². The Balaban J connectivity index is 0.00000208. The molecule has 0 aromatic carbocycles. The zero-order chi connectivity index (χ0) is 16.1. The minimum Gasteiger partial charge on any atom is -0.340 e. The third-order valence-corrected chi connectivity index (χ3v) is 6.28. The molecule has 1 amide bonds. The van der Waals surface area contributed by atoms with Gasteiger partial charge in [0, 0.05) is 45.7 Å². The highest BCUT2D eigenvalue weighted by Crippen LogP contribution is 2.28. The Hall–Kier alpha value is -0.320. The average Bonchev–Trinajstić information content (AvgIpc) is 3.00. The predicted molar refractivity (Wildman–Crippen MR) is 102 cm³/mol. The minimum atomic E-state index is 0. The standard InChI is InChI=1S/C19H35N3O.ClH/c1-19(9-10-20-15-19)16-21-11-13-22(14-12-21)18(23)8-7-17-5-3-2-4-6-17;/h17,20H,2-16H2,1H3;1H. The van der Waals surface area contributed by atoms with Gasteiger partial charge in [0.15, 0.2) is 0 Å². The summed E-state index contributed by atoms with van der Waals surface area (Å²) in [5.41, 5.74) is 0.438. The third kappa shape index (κ3) is 5.60. The van der Waals surface area contributed by atoms with E-state index in [9.17, 15) is 4.79 Å². The van der Waals surface area contributed by atoms with Crippen molar-refractivity contribution in [2.45, 2.75) is 58.3 Å². The van der Waals surface area contributed by atoms with Gasteiger partial charge in [-0.3, -0.25) is 9.69 Å². The lowest BCUT2D eigenvalue weighted by Crippen LogP contribution is -2.51. The van der Waals surface area contributed by atoms with Crippen molar-refractivity contribution >= 4 is 18.3 Å². The van der Waals surface area contributed by atoms with Crippen molar-refractivity contribution < 1.29 is 4.79 Å². The molecule has 4 nitrogen and oxygen atoms in total. The summed E-state index contributed by atoms with van der Waals surface area (Å²) in [7, 11) is 0. The average molecular weight is 358 g/mol. The van der Waals surface area contributed by atoms with E-state index < -0.39 is 0 Å². The van der Waals surface area contributed by atoms with Crippen LogP contribution in [0.15, 0.2) is 0 Å². The summed E-state index contributed by atoms with van der Waals surface area (Å²) in [4.78, 5) is 17.1. The number of piperazine rings is 1. The smallest absolute Gasteiger partial charge is 0.222 e. The molecule has 3 fully saturated rings. The van der Waals surface area contributed by atoms with E-state index >= 15 is 0 Å². The van der Waals surface area contributed by atoms with Crippen LogP contribution in [-0.4, -0.2) is 61.5 Å². The Labute approximate surface area is 154 Å². The monoisotopic (exact) mass is 357 g/mol. The number of carbonyl (C=O) groups excluding carboxylic acids is 1. The van der Waals surface area contributed by atoms with Crippen molar-refractivity contribution in [3.8, 4) is 0 Å². The molecule has 0 bridgehead atoms. The van der Waals surface area contributed by atoms with E-state index in [-0.39, 0.29) is 12.4 Å². The lowest BCUT2D eigenvalue weighted by atomic mass is 9.86. The lowest BCUT2D eigenvalue weighted by molar-refractivity contribution is -0.133. The van der Waals surface area contributed by atoms with Crippen LogP contribution in [0, 0.1) is 11.3 Å². The topological polar surface area (TPSA) is 35.6 Å². The first-order chi connectivity index (χ1) is 11.1. The van der Waals surface area contributed by atoms with Gasteiger partial charge >= 0.3 is 0 Å². The maximum Gasteiger partial charge on any atom is 0.222 e. The van der Waals surface area contributed by atoms with Crippen molar-refractivity contribution in [2.75, 3.05) is 45.8 Å². The van der Waals surface area contributed by atoms with Crippen molar-refractivity contribution in [1.29, 1.82) is 0 Å². The number of halogens is 1. The summed E-state index contributed by atoms with van der Waals surface area (Å²) in [6.45, 7) is 9.89. The van der Waals surface area contributed by atoms with Crippen molar-refractivity contribution in [3.63, 3.8) is 0 Å². The first kappa shape index (κ1) is 20.0. The molecule has 0 spiro atoms. The molecule has 2 saturated heterocycles. The van der Waals surface area contributed by atoms with Gasteiger partial charge in [-0.15, -0.1) is 12.4 Å². The fraction of sp³-hybridized carbons (Fsp3) is 0.947. The third-order valence-electron chi connectivity index (χ3n) is 6.28. The lowest BCUT2D eigenvalue weighted by Gasteiger charge is -2.39. The SMILES string of the molecule is CC1(CN2CCN(C(=O)CCC3CCCCC3)CC2)CCNC1.Cl. The molecule has 1 aliphatic carbocycles. The fourth-order valence-corrected chi connectivity index (χ4v) is 4.66. The second-order valence-corrected chi connectivity index (χ2v) is 8.44. The molecule has 1 N–H and O–H groups in total. The molecule has 5 heteroatoms. The second kappa shape index (κ2) is 9.40. The molecule has 24 heavy (non-hydrogen) atoms. The molecule has 2 aliphatic heterocycles. The first-order valence-corrected chi connectivity index (χ1v) is 9.85. The van der Waals surface area contributed by atoms with Crippen LogP contribution in [0.3, 0.4) is 0 Å². The molecule has 1 saturated carbocycles. The number of carbonyl (C=O) groups is 1. The molecular formula is C19H36ClN3O. The fourth-order valence-electron chi connectivity index (χ4n) is 4.66. The normalized spacial score (nSPS) is 29.5. The Bertz CT molecular complexity index is 384. The van der Waals surface area contributed by atoms with Gasteiger partial charge in [-0.05, 0) is 30.7 Å². The van der Waals surface area contributed by atoms with E-state index in [0.717, 1.165) is 58.0 Å². The van der Waals surface area contributed by atoms with Crippen LogP contribution >= 0.6 is 12.4 Å². The Kier molecular flexibility index (Phi) is 7.83. The van der Waals surface area contributed by atoms with Crippen LogP contribution in [0.5, 0.6) is 0 Å². The first-order valence-electron chi connectivity index (χ1n) is 9.85. The van der Waals surface area contributed by atoms with Gasteiger partial charge in [0.2, 0.25) is 5.91 Å². The van der Waals surface area contributed by atoms with Crippen LogP contribution in [0.2, 0.25) is 0 Å². The molecule has 1 unspecified atom stereocenters. The molecule has 0 aromatic heterocycles. The van der Waals surface area contributed by atoms with Crippen LogP contribution in [-0.2, 0) is 4.79 Å². The van der Waals surface area contributed by atoms with Gasteiger partial charge < -0.3 is 10.2 Å². The Morgan fingerprint density at radius 1 is 1.12 bits per heavy atom. The Morgan fingerprint density at radius 2 is 1.83 bits per heavy atom. The van der Waals surface area contributed by atoms with Crippen molar-refractivity contribution in [2.24, 2.45) is 11.3 Å². The molecule has 2 heterocycles. The summed E-state index contributed by atoms with van der Waals surface area (Å²) in [5, 5.41) is 3.49. The van der Waals surface area contributed by atoms with Crippen LogP contribution in [0.25, 0.3) is 0 Å². The summed E-state index contributed by atoms with van der Waals surface area (Å²) in [5.74, 6) is 1.23. The number of hydrogen-bond donors (Lipinski definition) is 1. The number of hydrogen-bond acceptors (Lipinski definition) is 3. The van der Waals surface area contributed by atoms with E-state index in [0.29, 0.717) is 11.3 Å². The highest BCUT2D eigenvalue weighted by molar-refractivity contribution is 5.85. The summed E-state index contributed by atoms with van der Waals surface area (Å²) >= 11 is 0. The largest absolute Gasteiger partial charge is 0.340 e. The highest BCUT2D eigenvalue weighted by atomic mass is 35.5. The van der Waals surface area contributed by atoms with Gasteiger partial charge in [-0.1, -0.05) is 39.0 Å². The van der Waals surface area contributed by atoms with E-state index in [1.807, 2.05) is 0 Å². The predicted octanol–water partition coefficient (Wildman–Crippen LogP) is 2.91.